The van der Waals surface area contributed by atoms with Crippen LogP contribution in [0.1, 0.15) is 38.7 Å². The minimum absolute atomic E-state index is 0.574. The highest BCUT2D eigenvalue weighted by molar-refractivity contribution is 7.98. The number of aliphatic imine (C=N–C) groups is 1. The number of thioether (sulfide) groups is 1. The Morgan fingerprint density at radius 3 is 2.75 bits per heavy atom. The standard InChI is InChI=1S/C20H35N7S/c1-7-21-19(26(5)15-17-10-9-13-25(17)4)22-12-8-11-18-23-24-20(28-6)27(18)14-16(2)3/h9-10,13,16H,7-8,11-12,14-15H2,1-6H3,(H,21,22). The van der Waals surface area contributed by atoms with Crippen LogP contribution in [0, 0.1) is 5.92 Å². The van der Waals surface area contributed by atoms with Crippen molar-refractivity contribution in [2.75, 3.05) is 26.4 Å². The van der Waals surface area contributed by atoms with Gasteiger partial charge in [0.25, 0.3) is 0 Å². The molecule has 0 aromatic carbocycles. The number of nitrogens with one attached hydrogen (secondary N) is 1. The molecule has 0 aliphatic rings. The molecule has 0 saturated carbocycles. The summed E-state index contributed by atoms with van der Waals surface area (Å²) in [5.41, 5.74) is 1.26. The zero-order valence-electron chi connectivity index (χ0n) is 18.1. The van der Waals surface area contributed by atoms with E-state index in [0.717, 1.165) is 56.0 Å². The lowest BCUT2D eigenvalue weighted by molar-refractivity contribution is 0.460. The van der Waals surface area contributed by atoms with Crippen molar-refractivity contribution in [2.45, 2.75) is 51.9 Å². The van der Waals surface area contributed by atoms with E-state index in [1.165, 1.54) is 5.69 Å². The summed E-state index contributed by atoms with van der Waals surface area (Å²) in [5, 5.41) is 13.1. The Kier molecular flexibility index (Phi) is 8.89. The zero-order chi connectivity index (χ0) is 20.5. The molecule has 7 nitrogen and oxygen atoms in total. The second kappa shape index (κ2) is 11.1. The van der Waals surface area contributed by atoms with Crippen LogP contribution in [-0.2, 0) is 26.6 Å². The summed E-state index contributed by atoms with van der Waals surface area (Å²) in [5.74, 6) is 2.58. The average molecular weight is 406 g/mol. The first kappa shape index (κ1) is 22.3. The largest absolute Gasteiger partial charge is 0.357 e. The Bertz CT molecular complexity index is 748. The molecule has 0 amide bonds. The van der Waals surface area contributed by atoms with E-state index >= 15 is 0 Å². The van der Waals surface area contributed by atoms with Gasteiger partial charge in [-0.15, -0.1) is 10.2 Å². The third kappa shape index (κ3) is 6.29. The summed E-state index contributed by atoms with van der Waals surface area (Å²) >= 11 is 1.66. The number of aryl methyl sites for hydroxylation is 2. The summed E-state index contributed by atoms with van der Waals surface area (Å²) in [4.78, 5) is 6.99. The highest BCUT2D eigenvalue weighted by Gasteiger charge is 2.13. The number of rotatable bonds is 10. The molecule has 8 heteroatoms. The molecule has 0 aliphatic heterocycles. The van der Waals surface area contributed by atoms with Gasteiger partial charge in [-0.2, -0.15) is 0 Å². The Morgan fingerprint density at radius 2 is 2.14 bits per heavy atom. The summed E-state index contributed by atoms with van der Waals surface area (Å²) in [7, 11) is 4.15. The van der Waals surface area contributed by atoms with E-state index < -0.39 is 0 Å². The van der Waals surface area contributed by atoms with Gasteiger partial charge in [0.05, 0.1) is 6.54 Å². The summed E-state index contributed by atoms with van der Waals surface area (Å²) in [6.45, 7) is 9.97. The average Bonchev–Trinajstić information content (AvgIpc) is 3.23. The van der Waals surface area contributed by atoms with Crippen molar-refractivity contribution < 1.29 is 0 Å². The highest BCUT2D eigenvalue weighted by atomic mass is 32.2. The fraction of sp³-hybridized carbons (Fsp3) is 0.650. The van der Waals surface area contributed by atoms with Crippen molar-refractivity contribution in [2.24, 2.45) is 18.0 Å². The monoisotopic (exact) mass is 405 g/mol. The van der Waals surface area contributed by atoms with Crippen molar-refractivity contribution in [3.63, 3.8) is 0 Å². The van der Waals surface area contributed by atoms with Gasteiger partial charge in [-0.3, -0.25) is 4.99 Å². The zero-order valence-corrected chi connectivity index (χ0v) is 19.0. The van der Waals surface area contributed by atoms with Crippen molar-refractivity contribution in [3.05, 3.63) is 29.8 Å². The maximum absolute atomic E-state index is 4.82. The third-order valence-corrected chi connectivity index (χ3v) is 5.16. The minimum atomic E-state index is 0.574. The molecule has 2 heterocycles. The lowest BCUT2D eigenvalue weighted by atomic mass is 10.2. The fourth-order valence-corrected chi connectivity index (χ4v) is 3.60. The molecular weight excluding hydrogens is 370 g/mol. The van der Waals surface area contributed by atoms with Gasteiger partial charge in [0.2, 0.25) is 0 Å². The van der Waals surface area contributed by atoms with Crippen molar-refractivity contribution in [3.8, 4) is 0 Å². The van der Waals surface area contributed by atoms with Gasteiger partial charge in [0.15, 0.2) is 11.1 Å². The van der Waals surface area contributed by atoms with Crippen LogP contribution in [0.5, 0.6) is 0 Å². The van der Waals surface area contributed by atoms with E-state index in [-0.39, 0.29) is 0 Å². The summed E-state index contributed by atoms with van der Waals surface area (Å²) in [6, 6.07) is 4.22. The van der Waals surface area contributed by atoms with E-state index in [9.17, 15) is 0 Å². The van der Waals surface area contributed by atoms with Crippen LogP contribution in [0.25, 0.3) is 0 Å². The summed E-state index contributed by atoms with van der Waals surface area (Å²) < 4.78 is 4.40. The SMILES string of the molecule is CCNC(=NCCCc1nnc(SC)n1CC(C)C)N(C)Cc1cccn1C. The lowest BCUT2D eigenvalue weighted by Crippen LogP contribution is -2.38. The minimum Gasteiger partial charge on any atom is -0.357 e. The normalized spacial score (nSPS) is 12.0. The topological polar surface area (TPSA) is 63.3 Å². The Hall–Kier alpha value is -1.96. The number of hydrogen-bond donors (Lipinski definition) is 1. The van der Waals surface area contributed by atoms with Crippen LogP contribution in [-0.4, -0.2) is 56.6 Å². The van der Waals surface area contributed by atoms with Gasteiger partial charge in [0, 0.05) is 52.0 Å². The lowest BCUT2D eigenvalue weighted by Gasteiger charge is -2.22. The first-order chi connectivity index (χ1) is 13.5. The quantitative estimate of drug-likeness (QED) is 0.285. The predicted molar refractivity (Wildman–Crippen MR) is 118 cm³/mol. The third-order valence-electron chi connectivity index (χ3n) is 4.49. The van der Waals surface area contributed by atoms with Crippen molar-refractivity contribution in [1.82, 2.24) is 29.5 Å². The van der Waals surface area contributed by atoms with Gasteiger partial charge in [-0.1, -0.05) is 25.6 Å². The molecule has 0 spiro atoms. The van der Waals surface area contributed by atoms with E-state index in [4.69, 9.17) is 4.99 Å². The molecule has 156 valence electrons. The molecule has 0 bridgehead atoms. The number of hydrogen-bond acceptors (Lipinski definition) is 4. The molecule has 0 aliphatic carbocycles. The molecular formula is C20H35N7S. The van der Waals surface area contributed by atoms with Crippen molar-refractivity contribution >= 4 is 17.7 Å². The number of guanidine groups is 1. The highest BCUT2D eigenvalue weighted by Crippen LogP contribution is 2.16. The van der Waals surface area contributed by atoms with Gasteiger partial charge < -0.3 is 19.4 Å². The maximum Gasteiger partial charge on any atom is 0.194 e. The molecule has 2 aromatic rings. The van der Waals surface area contributed by atoms with E-state index in [1.807, 2.05) is 0 Å². The first-order valence-electron chi connectivity index (χ1n) is 10.0. The number of nitrogens with zero attached hydrogens (tertiary/aromatic N) is 6. The second-order valence-corrected chi connectivity index (χ2v) is 8.19. The number of aromatic nitrogens is 4. The Labute approximate surface area is 173 Å². The van der Waals surface area contributed by atoms with Gasteiger partial charge >= 0.3 is 0 Å². The van der Waals surface area contributed by atoms with Crippen LogP contribution in [0.2, 0.25) is 0 Å². The van der Waals surface area contributed by atoms with E-state index in [0.29, 0.717) is 5.92 Å². The Morgan fingerprint density at radius 1 is 1.36 bits per heavy atom. The molecule has 0 saturated heterocycles. The maximum atomic E-state index is 4.82. The molecule has 0 atom stereocenters. The molecule has 2 aromatic heterocycles. The van der Waals surface area contributed by atoms with Gasteiger partial charge in [-0.05, 0) is 37.7 Å². The van der Waals surface area contributed by atoms with Gasteiger partial charge in [0.1, 0.15) is 5.82 Å². The molecule has 0 unspecified atom stereocenters. The van der Waals surface area contributed by atoms with Gasteiger partial charge in [-0.25, -0.2) is 0 Å². The van der Waals surface area contributed by atoms with E-state index in [2.05, 4.69) is 89.0 Å². The van der Waals surface area contributed by atoms with Crippen LogP contribution in [0.3, 0.4) is 0 Å². The van der Waals surface area contributed by atoms with Crippen LogP contribution in [0.4, 0.5) is 0 Å². The molecule has 28 heavy (non-hydrogen) atoms. The molecule has 2 rings (SSSR count). The summed E-state index contributed by atoms with van der Waals surface area (Å²) in [6.07, 6.45) is 5.98. The van der Waals surface area contributed by atoms with Crippen LogP contribution in [0.15, 0.2) is 28.5 Å². The second-order valence-electron chi connectivity index (χ2n) is 7.41. The molecule has 0 radical (unpaired) electrons. The smallest absolute Gasteiger partial charge is 0.194 e. The van der Waals surface area contributed by atoms with E-state index in [1.54, 1.807) is 11.8 Å². The molecule has 1 N–H and O–H groups in total. The Balaban J connectivity index is 1.95. The predicted octanol–water partition coefficient (Wildman–Crippen LogP) is 3.02. The van der Waals surface area contributed by atoms with Crippen LogP contribution < -0.4 is 5.32 Å². The van der Waals surface area contributed by atoms with Crippen LogP contribution >= 0.6 is 11.8 Å². The molecule has 0 fully saturated rings. The fourth-order valence-electron chi connectivity index (χ4n) is 3.07. The first-order valence-corrected chi connectivity index (χ1v) is 11.2. The van der Waals surface area contributed by atoms with Crippen molar-refractivity contribution in [1.29, 1.82) is 0 Å².